The average molecular weight is 364 g/mol. The summed E-state index contributed by atoms with van der Waals surface area (Å²) < 4.78 is 1.55. The van der Waals surface area contributed by atoms with Gasteiger partial charge in [-0.3, -0.25) is 4.79 Å². The quantitative estimate of drug-likeness (QED) is 0.628. The summed E-state index contributed by atoms with van der Waals surface area (Å²) in [5.74, 6) is -0.159. The van der Waals surface area contributed by atoms with Gasteiger partial charge in [0.1, 0.15) is 11.8 Å². The maximum absolute atomic E-state index is 12.5. The number of rotatable bonds is 6. The largest absolute Gasteiger partial charge is 0.349 e. The van der Waals surface area contributed by atoms with Crippen LogP contribution in [0.2, 0.25) is 5.15 Å². The summed E-state index contributed by atoms with van der Waals surface area (Å²) in [5.41, 5.74) is 2.14. The number of aromatic nitrogens is 2. The van der Waals surface area contributed by atoms with Crippen molar-refractivity contribution in [3.8, 4) is 5.69 Å². The molecule has 134 valence electrons. The molecule has 1 heterocycles. The summed E-state index contributed by atoms with van der Waals surface area (Å²) in [5, 5.41) is 7.64. The van der Waals surface area contributed by atoms with Gasteiger partial charge in [-0.1, -0.05) is 43.0 Å². The van der Waals surface area contributed by atoms with Crippen molar-refractivity contribution in [2.45, 2.75) is 44.8 Å². The van der Waals surface area contributed by atoms with E-state index >= 15 is 0 Å². The Labute approximate surface area is 152 Å². The number of benzene rings is 1. The van der Waals surface area contributed by atoms with Gasteiger partial charge >= 0.3 is 0 Å². The minimum Gasteiger partial charge on any atom is -0.349 e. The van der Waals surface area contributed by atoms with E-state index in [9.17, 15) is 4.79 Å². The van der Waals surface area contributed by atoms with E-state index < -0.39 is 0 Å². The first-order valence-corrected chi connectivity index (χ1v) is 8.86. The first-order chi connectivity index (χ1) is 12.2. The van der Waals surface area contributed by atoms with Gasteiger partial charge < -0.3 is 5.32 Å². The molecule has 1 aliphatic rings. The molecule has 6 nitrogen and oxygen atoms in total. The van der Waals surface area contributed by atoms with Crippen LogP contribution in [-0.2, 0) is 16.4 Å². The van der Waals surface area contributed by atoms with E-state index in [0.29, 0.717) is 17.3 Å². The van der Waals surface area contributed by atoms with Gasteiger partial charge in [-0.05, 0) is 30.5 Å². The van der Waals surface area contributed by atoms with Crippen LogP contribution in [0.3, 0.4) is 0 Å². The molecule has 1 N–H and O–H groups in total. The number of carbonyl (C=O) groups excluding carboxylic acids is 1. The Morgan fingerprint density at radius 1 is 1.28 bits per heavy atom. The molecule has 2 aromatic rings. The third-order valence-electron chi connectivity index (χ3n) is 4.42. The molecule has 0 unspecified atom stereocenters. The van der Waals surface area contributed by atoms with Crippen LogP contribution in [0.4, 0.5) is 0 Å². The lowest BCUT2D eigenvalue weighted by Gasteiger charge is -2.22. The topological polar surface area (TPSA) is 65.4 Å². The molecule has 7 heteroatoms. The SMILES string of the molecule is COOCc1ccc(-n2ncc(C(=O)NC3CCCCC3)c2Cl)cc1. The molecule has 1 aromatic carbocycles. The standard InChI is InChI=1S/C18H22ClN3O3/c1-24-25-12-13-7-9-15(10-8-13)22-17(19)16(11-20-22)18(23)21-14-5-3-2-4-6-14/h7-11,14H,2-6,12H2,1H3,(H,21,23). The van der Waals surface area contributed by atoms with Crippen LogP contribution in [0.1, 0.15) is 48.0 Å². The molecule has 0 radical (unpaired) electrons. The predicted octanol–water partition coefficient (Wildman–Crippen LogP) is 3.67. The van der Waals surface area contributed by atoms with Gasteiger partial charge in [0.05, 0.1) is 24.6 Å². The summed E-state index contributed by atoms with van der Waals surface area (Å²) in [6, 6.07) is 7.77. The summed E-state index contributed by atoms with van der Waals surface area (Å²) in [4.78, 5) is 22.0. The highest BCUT2D eigenvalue weighted by Crippen LogP contribution is 2.22. The molecule has 1 saturated carbocycles. The maximum atomic E-state index is 12.5. The van der Waals surface area contributed by atoms with Gasteiger partial charge in [0.15, 0.2) is 0 Å². The van der Waals surface area contributed by atoms with Crippen molar-refractivity contribution in [1.82, 2.24) is 15.1 Å². The van der Waals surface area contributed by atoms with Gasteiger partial charge in [-0.25, -0.2) is 14.5 Å². The first kappa shape index (κ1) is 17.9. The third kappa shape index (κ3) is 4.39. The number of hydrogen-bond acceptors (Lipinski definition) is 4. The lowest BCUT2D eigenvalue weighted by Crippen LogP contribution is -2.36. The number of amides is 1. The van der Waals surface area contributed by atoms with Gasteiger partial charge in [-0.2, -0.15) is 5.10 Å². The van der Waals surface area contributed by atoms with Crippen molar-refractivity contribution in [1.29, 1.82) is 0 Å². The second-order valence-corrected chi connectivity index (χ2v) is 6.52. The monoisotopic (exact) mass is 363 g/mol. The Hall–Kier alpha value is -1.89. The zero-order valence-electron chi connectivity index (χ0n) is 14.2. The van der Waals surface area contributed by atoms with Crippen LogP contribution >= 0.6 is 11.6 Å². The van der Waals surface area contributed by atoms with Gasteiger partial charge in [0.25, 0.3) is 5.91 Å². The molecule has 0 spiro atoms. The fourth-order valence-corrected chi connectivity index (χ4v) is 3.31. The van der Waals surface area contributed by atoms with Crippen molar-refractivity contribution in [2.24, 2.45) is 0 Å². The molecule has 0 atom stereocenters. The normalized spacial score (nSPS) is 15.3. The van der Waals surface area contributed by atoms with E-state index in [1.165, 1.54) is 19.7 Å². The van der Waals surface area contributed by atoms with Crippen molar-refractivity contribution < 1.29 is 14.6 Å². The predicted molar refractivity (Wildman–Crippen MR) is 94.7 cm³/mol. The molecular formula is C18H22ClN3O3. The van der Waals surface area contributed by atoms with Crippen LogP contribution < -0.4 is 5.32 Å². The Kier molecular flexibility index (Phi) is 6.07. The van der Waals surface area contributed by atoms with Gasteiger partial charge in [0.2, 0.25) is 0 Å². The van der Waals surface area contributed by atoms with Crippen LogP contribution in [0.25, 0.3) is 5.69 Å². The van der Waals surface area contributed by atoms with Gasteiger partial charge in [0, 0.05) is 6.04 Å². The molecule has 0 aliphatic heterocycles. The number of carbonyl (C=O) groups is 1. The Morgan fingerprint density at radius 3 is 2.68 bits per heavy atom. The third-order valence-corrected chi connectivity index (χ3v) is 4.78. The Morgan fingerprint density at radius 2 is 2.00 bits per heavy atom. The summed E-state index contributed by atoms with van der Waals surface area (Å²) in [7, 11) is 1.47. The van der Waals surface area contributed by atoms with Crippen LogP contribution in [0.5, 0.6) is 0 Å². The van der Waals surface area contributed by atoms with Crippen molar-refractivity contribution in [2.75, 3.05) is 7.11 Å². The van der Waals surface area contributed by atoms with Crippen molar-refractivity contribution >= 4 is 17.5 Å². The van der Waals surface area contributed by atoms with E-state index in [-0.39, 0.29) is 11.9 Å². The molecule has 1 fully saturated rings. The fraction of sp³-hybridized carbons (Fsp3) is 0.444. The van der Waals surface area contributed by atoms with Crippen LogP contribution in [0.15, 0.2) is 30.5 Å². The second kappa shape index (κ2) is 8.47. The van der Waals surface area contributed by atoms with Crippen LogP contribution in [-0.4, -0.2) is 28.8 Å². The minimum absolute atomic E-state index is 0.159. The highest BCUT2D eigenvalue weighted by atomic mass is 35.5. The molecule has 1 aromatic heterocycles. The molecule has 1 amide bonds. The van der Waals surface area contributed by atoms with Crippen molar-refractivity contribution in [3.05, 3.63) is 46.7 Å². The van der Waals surface area contributed by atoms with E-state index in [4.69, 9.17) is 16.5 Å². The summed E-state index contributed by atoms with van der Waals surface area (Å²) in [6.07, 6.45) is 7.15. The lowest BCUT2D eigenvalue weighted by molar-refractivity contribution is -0.282. The van der Waals surface area contributed by atoms with Crippen LogP contribution in [0, 0.1) is 0 Å². The molecule has 3 rings (SSSR count). The van der Waals surface area contributed by atoms with E-state index in [2.05, 4.69) is 15.3 Å². The van der Waals surface area contributed by atoms with E-state index in [0.717, 1.165) is 36.9 Å². The maximum Gasteiger partial charge on any atom is 0.256 e. The second-order valence-electron chi connectivity index (χ2n) is 6.16. The van der Waals surface area contributed by atoms with Crippen molar-refractivity contribution in [3.63, 3.8) is 0 Å². The molecule has 0 saturated heterocycles. The van der Waals surface area contributed by atoms with Gasteiger partial charge in [-0.15, -0.1) is 0 Å². The minimum atomic E-state index is -0.159. The lowest BCUT2D eigenvalue weighted by atomic mass is 9.95. The smallest absolute Gasteiger partial charge is 0.256 e. The summed E-state index contributed by atoms with van der Waals surface area (Å²) >= 11 is 6.39. The molecule has 1 aliphatic carbocycles. The number of hydrogen-bond donors (Lipinski definition) is 1. The van der Waals surface area contributed by atoms with E-state index in [1.54, 1.807) is 4.68 Å². The zero-order chi connectivity index (χ0) is 17.6. The number of halogens is 1. The number of nitrogens with one attached hydrogen (secondary N) is 1. The highest BCUT2D eigenvalue weighted by molar-refractivity contribution is 6.33. The zero-order valence-corrected chi connectivity index (χ0v) is 15.0. The first-order valence-electron chi connectivity index (χ1n) is 8.48. The summed E-state index contributed by atoms with van der Waals surface area (Å²) in [6.45, 7) is 0.360. The van der Waals surface area contributed by atoms with E-state index in [1.807, 2.05) is 24.3 Å². The number of nitrogens with zero attached hydrogens (tertiary/aromatic N) is 2. The molecule has 25 heavy (non-hydrogen) atoms. The highest BCUT2D eigenvalue weighted by Gasteiger charge is 2.21. The molecule has 0 bridgehead atoms. The fourth-order valence-electron chi connectivity index (χ4n) is 3.04. The Bertz CT molecular complexity index is 709. The average Bonchev–Trinajstić information content (AvgIpc) is 3.03. The molecular weight excluding hydrogens is 342 g/mol. The Balaban J connectivity index is 1.70.